The van der Waals surface area contributed by atoms with Gasteiger partial charge in [-0.05, 0) is 12.8 Å². The van der Waals surface area contributed by atoms with Crippen LogP contribution in [-0.4, -0.2) is 31.2 Å². The minimum Gasteiger partial charge on any atom is -0.296 e. The van der Waals surface area contributed by atoms with Gasteiger partial charge in [0.05, 0.1) is 0 Å². The van der Waals surface area contributed by atoms with Crippen molar-refractivity contribution in [3.8, 4) is 0 Å². The highest BCUT2D eigenvalue weighted by molar-refractivity contribution is 7.53. The van der Waals surface area contributed by atoms with Gasteiger partial charge in [-0.2, -0.15) is 26.3 Å². The monoisotopic (exact) mass is 372 g/mol. The van der Waals surface area contributed by atoms with E-state index in [1.54, 1.807) is 0 Å². The lowest BCUT2D eigenvalue weighted by molar-refractivity contribution is -0.211. The van der Waals surface area contributed by atoms with Gasteiger partial charge >= 0.3 is 19.9 Å². The first-order chi connectivity index (χ1) is 10.3. The smallest absolute Gasteiger partial charge is 0.296 e. The molecule has 0 spiro atoms. The fourth-order valence-corrected chi connectivity index (χ4v) is 3.35. The molecule has 0 unspecified atom stereocenters. The van der Waals surface area contributed by atoms with Crippen LogP contribution in [0, 0.1) is 0 Å². The van der Waals surface area contributed by atoms with Gasteiger partial charge in [0.15, 0.2) is 12.2 Å². The summed E-state index contributed by atoms with van der Waals surface area (Å²) in [5.74, 6) is 0. The summed E-state index contributed by atoms with van der Waals surface area (Å²) in [5.41, 5.74) is 0. The summed E-state index contributed by atoms with van der Waals surface area (Å²) in [5, 5.41) is 0. The number of unbranched alkanes of at least 4 members (excludes halogenated alkanes) is 3. The van der Waals surface area contributed by atoms with Crippen molar-refractivity contribution in [2.24, 2.45) is 0 Å². The van der Waals surface area contributed by atoms with Crippen molar-refractivity contribution in [3.63, 3.8) is 0 Å². The molecule has 0 N–H and O–H groups in total. The standard InChI is InChI=1S/C13H23F6O3P/c1-4-6-7-8-9-11(13(17,18)19)22-23(3,20)21-10(5-2)12(14,15)16/h10-11H,4-9H2,1-3H3/t10-,11-,23+/m0/s1. The minimum absolute atomic E-state index is 0.175. The second-order valence-electron chi connectivity index (χ2n) is 5.30. The number of alkyl halides is 6. The summed E-state index contributed by atoms with van der Waals surface area (Å²) >= 11 is 0. The quantitative estimate of drug-likeness (QED) is 0.265. The Hall–Kier alpha value is -0.270. The van der Waals surface area contributed by atoms with Gasteiger partial charge in [0.25, 0.3) is 0 Å². The van der Waals surface area contributed by atoms with E-state index in [9.17, 15) is 30.9 Å². The minimum atomic E-state index is -4.82. The van der Waals surface area contributed by atoms with Crippen molar-refractivity contribution in [1.29, 1.82) is 0 Å². The Balaban J connectivity index is 4.85. The van der Waals surface area contributed by atoms with Gasteiger partial charge in [-0.1, -0.05) is 39.5 Å². The van der Waals surface area contributed by atoms with E-state index in [0.29, 0.717) is 13.1 Å². The zero-order chi connectivity index (χ0) is 18.3. The number of rotatable bonds is 10. The van der Waals surface area contributed by atoms with E-state index in [-0.39, 0.29) is 6.42 Å². The highest BCUT2D eigenvalue weighted by Gasteiger charge is 2.47. The molecule has 0 aromatic rings. The molecule has 0 aliphatic heterocycles. The third-order valence-electron chi connectivity index (χ3n) is 3.06. The number of halogens is 6. The molecule has 0 heterocycles. The first-order valence-electron chi connectivity index (χ1n) is 7.41. The Bertz CT molecular complexity index is 383. The van der Waals surface area contributed by atoms with Gasteiger partial charge in [0.2, 0.25) is 0 Å². The lowest BCUT2D eigenvalue weighted by Crippen LogP contribution is -2.34. The molecule has 0 fully saturated rings. The fourth-order valence-electron chi connectivity index (χ4n) is 1.89. The summed E-state index contributed by atoms with van der Waals surface area (Å²) < 4.78 is 97.1. The first kappa shape index (κ1) is 22.7. The van der Waals surface area contributed by atoms with Crippen LogP contribution >= 0.6 is 7.60 Å². The predicted octanol–water partition coefficient (Wildman–Crippen LogP) is 6.08. The second kappa shape index (κ2) is 9.28. The molecule has 3 atom stereocenters. The van der Waals surface area contributed by atoms with E-state index in [1.165, 1.54) is 0 Å². The third kappa shape index (κ3) is 9.57. The summed E-state index contributed by atoms with van der Waals surface area (Å²) in [7, 11) is -4.51. The van der Waals surface area contributed by atoms with Crippen molar-refractivity contribution >= 4 is 7.60 Å². The third-order valence-corrected chi connectivity index (χ3v) is 4.33. The first-order valence-corrected chi connectivity index (χ1v) is 9.40. The second-order valence-corrected chi connectivity index (χ2v) is 7.26. The van der Waals surface area contributed by atoms with Crippen LogP contribution in [0.4, 0.5) is 26.3 Å². The molecule has 0 saturated heterocycles. The zero-order valence-corrected chi connectivity index (χ0v) is 14.2. The van der Waals surface area contributed by atoms with Crippen LogP contribution in [0.3, 0.4) is 0 Å². The Morgan fingerprint density at radius 1 is 0.870 bits per heavy atom. The van der Waals surface area contributed by atoms with Crippen molar-refractivity contribution in [2.45, 2.75) is 76.9 Å². The lowest BCUT2D eigenvalue weighted by Gasteiger charge is -2.27. The van der Waals surface area contributed by atoms with Gasteiger partial charge < -0.3 is 0 Å². The lowest BCUT2D eigenvalue weighted by atomic mass is 10.1. The van der Waals surface area contributed by atoms with Crippen LogP contribution in [0.2, 0.25) is 0 Å². The number of hydrogen-bond donors (Lipinski definition) is 0. The van der Waals surface area contributed by atoms with Gasteiger partial charge in [-0.15, -0.1) is 0 Å². The summed E-state index contributed by atoms with van der Waals surface area (Å²) in [6.45, 7) is 3.64. The van der Waals surface area contributed by atoms with Crippen molar-refractivity contribution in [3.05, 3.63) is 0 Å². The van der Waals surface area contributed by atoms with Crippen molar-refractivity contribution in [1.82, 2.24) is 0 Å². The van der Waals surface area contributed by atoms with Crippen LogP contribution in [0.1, 0.15) is 52.4 Å². The van der Waals surface area contributed by atoms with Crippen LogP contribution < -0.4 is 0 Å². The summed E-state index contributed by atoms with van der Waals surface area (Å²) in [6.07, 6.45) is -13.2. The van der Waals surface area contributed by atoms with Gasteiger partial charge in [0, 0.05) is 6.66 Å². The Morgan fingerprint density at radius 3 is 1.74 bits per heavy atom. The normalized spacial score (nSPS) is 18.5. The maximum atomic E-state index is 12.9. The molecular weight excluding hydrogens is 349 g/mol. The molecule has 0 aromatic heterocycles. The highest BCUT2D eigenvalue weighted by Crippen LogP contribution is 2.51. The molecule has 0 rings (SSSR count). The molecule has 140 valence electrons. The largest absolute Gasteiger partial charge is 0.415 e. The Morgan fingerprint density at radius 2 is 1.35 bits per heavy atom. The predicted molar refractivity (Wildman–Crippen MR) is 74.4 cm³/mol. The van der Waals surface area contributed by atoms with Crippen molar-refractivity contribution < 1.29 is 40.0 Å². The van der Waals surface area contributed by atoms with E-state index in [0.717, 1.165) is 19.8 Å². The van der Waals surface area contributed by atoms with Crippen LogP contribution in [-0.2, 0) is 13.6 Å². The summed E-state index contributed by atoms with van der Waals surface area (Å²) in [6, 6.07) is 0. The molecule has 10 heteroatoms. The van der Waals surface area contributed by atoms with Crippen LogP contribution in [0.15, 0.2) is 0 Å². The van der Waals surface area contributed by atoms with Gasteiger partial charge in [0.1, 0.15) is 0 Å². The SMILES string of the molecule is CCCCCC[C@H](O[P@](C)(=O)O[C@@H](CC)C(F)(F)F)C(F)(F)F. The van der Waals surface area contributed by atoms with E-state index in [1.807, 2.05) is 6.92 Å². The highest BCUT2D eigenvalue weighted by atomic mass is 31.2. The molecule has 0 saturated carbocycles. The van der Waals surface area contributed by atoms with E-state index in [2.05, 4.69) is 9.05 Å². The van der Waals surface area contributed by atoms with E-state index < -0.39 is 45.0 Å². The molecule has 0 bridgehead atoms. The maximum Gasteiger partial charge on any atom is 0.415 e. The fraction of sp³-hybridized carbons (Fsp3) is 1.00. The van der Waals surface area contributed by atoms with Crippen molar-refractivity contribution in [2.75, 3.05) is 6.66 Å². The Labute approximate surface area is 132 Å². The molecule has 0 amide bonds. The summed E-state index contributed by atoms with van der Waals surface area (Å²) in [4.78, 5) is 0. The van der Waals surface area contributed by atoms with Gasteiger partial charge in [-0.25, -0.2) is 0 Å². The molecule has 0 aliphatic carbocycles. The molecule has 3 nitrogen and oxygen atoms in total. The molecular formula is C13H23F6O3P. The average molecular weight is 372 g/mol. The van der Waals surface area contributed by atoms with Crippen LogP contribution in [0.5, 0.6) is 0 Å². The molecule has 0 radical (unpaired) electrons. The van der Waals surface area contributed by atoms with E-state index in [4.69, 9.17) is 0 Å². The Kier molecular flexibility index (Phi) is 9.17. The molecule has 23 heavy (non-hydrogen) atoms. The average Bonchev–Trinajstić information content (AvgIpc) is 2.37. The molecule has 0 aliphatic rings. The number of hydrogen-bond acceptors (Lipinski definition) is 3. The van der Waals surface area contributed by atoms with Crippen LogP contribution in [0.25, 0.3) is 0 Å². The topological polar surface area (TPSA) is 35.5 Å². The van der Waals surface area contributed by atoms with E-state index >= 15 is 0 Å². The zero-order valence-electron chi connectivity index (χ0n) is 13.3. The maximum absolute atomic E-state index is 12.9. The van der Waals surface area contributed by atoms with Gasteiger partial charge in [-0.3, -0.25) is 13.6 Å². The molecule has 0 aromatic carbocycles.